The minimum absolute atomic E-state index is 0.206. The monoisotopic (exact) mass is 387 g/mol. The number of rotatable bonds is 6. The summed E-state index contributed by atoms with van der Waals surface area (Å²) in [6, 6.07) is 13.4. The summed E-state index contributed by atoms with van der Waals surface area (Å²) in [5.74, 6) is 1.36. The van der Waals surface area contributed by atoms with Crippen LogP contribution in [0, 0.1) is 0 Å². The lowest BCUT2D eigenvalue weighted by Gasteiger charge is -2.15. The summed E-state index contributed by atoms with van der Waals surface area (Å²) in [5, 5.41) is 2.59. The predicted octanol–water partition coefficient (Wildman–Crippen LogP) is 3.77. The van der Waals surface area contributed by atoms with E-state index in [-0.39, 0.29) is 5.91 Å². The molecule has 0 unspecified atom stereocenters. The molecular weight excluding hydrogens is 370 g/mol. The maximum atomic E-state index is 11.8. The molecule has 1 fully saturated rings. The van der Waals surface area contributed by atoms with Crippen LogP contribution in [0.25, 0.3) is 6.08 Å². The van der Waals surface area contributed by atoms with Crippen LogP contribution in [0.2, 0.25) is 0 Å². The summed E-state index contributed by atoms with van der Waals surface area (Å²) in [7, 11) is 3.13. The number of methoxy groups -OCH3 is 2. The maximum Gasteiger partial charge on any atom is 0.263 e. The minimum Gasteiger partial charge on any atom is -0.493 e. The Labute approximate surface area is 161 Å². The zero-order chi connectivity index (χ0) is 18.5. The number of hydrogen-bond acceptors (Lipinski definition) is 6. The number of carbonyl (C=O) groups is 1. The number of carbonyl (C=O) groups excluding carboxylic acids is 1. The first-order valence-electron chi connectivity index (χ1n) is 7.78. The zero-order valence-electron chi connectivity index (χ0n) is 14.3. The summed E-state index contributed by atoms with van der Waals surface area (Å²) in [6.45, 7) is 0.389. The van der Waals surface area contributed by atoms with Crippen molar-refractivity contribution in [1.82, 2.24) is 5.32 Å². The molecule has 1 aliphatic heterocycles. The van der Waals surface area contributed by atoms with E-state index in [9.17, 15) is 4.79 Å². The second-order valence-electron chi connectivity index (χ2n) is 5.38. The van der Waals surface area contributed by atoms with E-state index in [1.54, 1.807) is 32.4 Å². The molecule has 1 amide bonds. The third-order valence-corrected chi connectivity index (χ3v) is 4.81. The van der Waals surface area contributed by atoms with Gasteiger partial charge in [0, 0.05) is 0 Å². The van der Waals surface area contributed by atoms with Gasteiger partial charge in [0.15, 0.2) is 11.5 Å². The molecule has 0 atom stereocenters. The summed E-state index contributed by atoms with van der Waals surface area (Å²) in [5.41, 5.74) is 1.79. The first kappa shape index (κ1) is 18.3. The lowest BCUT2D eigenvalue weighted by molar-refractivity contribution is -0.115. The third-order valence-electron chi connectivity index (χ3n) is 3.65. The van der Waals surface area contributed by atoms with Crippen molar-refractivity contribution in [2.45, 2.75) is 6.61 Å². The van der Waals surface area contributed by atoms with E-state index in [1.165, 1.54) is 11.8 Å². The molecule has 1 N–H and O–H groups in total. The van der Waals surface area contributed by atoms with E-state index in [0.717, 1.165) is 11.1 Å². The van der Waals surface area contributed by atoms with Gasteiger partial charge in [-0.15, -0.1) is 0 Å². The fraction of sp³-hybridized carbons (Fsp3) is 0.158. The third kappa shape index (κ3) is 4.17. The van der Waals surface area contributed by atoms with Crippen LogP contribution >= 0.6 is 24.0 Å². The smallest absolute Gasteiger partial charge is 0.263 e. The Morgan fingerprint density at radius 3 is 2.31 bits per heavy atom. The van der Waals surface area contributed by atoms with Crippen molar-refractivity contribution in [3.8, 4) is 17.2 Å². The van der Waals surface area contributed by atoms with Gasteiger partial charge in [0.1, 0.15) is 10.9 Å². The highest BCUT2D eigenvalue weighted by Crippen LogP contribution is 2.40. The largest absolute Gasteiger partial charge is 0.493 e. The van der Waals surface area contributed by atoms with Gasteiger partial charge in [0.2, 0.25) is 5.75 Å². The lowest BCUT2D eigenvalue weighted by atomic mass is 10.1. The van der Waals surface area contributed by atoms with Crippen LogP contribution in [-0.2, 0) is 11.4 Å². The fourth-order valence-corrected chi connectivity index (χ4v) is 3.47. The Kier molecular flexibility index (Phi) is 5.80. The summed E-state index contributed by atoms with van der Waals surface area (Å²) >= 11 is 6.24. The van der Waals surface area contributed by atoms with Gasteiger partial charge >= 0.3 is 0 Å². The number of thiocarbonyl (C=S) groups is 1. The molecule has 7 heteroatoms. The molecule has 134 valence electrons. The van der Waals surface area contributed by atoms with Crippen LogP contribution in [0.1, 0.15) is 11.1 Å². The average molecular weight is 387 g/mol. The maximum absolute atomic E-state index is 11.8. The second kappa shape index (κ2) is 8.25. The van der Waals surface area contributed by atoms with Gasteiger partial charge in [0.05, 0.1) is 19.1 Å². The molecule has 0 radical (unpaired) electrons. The Hall–Kier alpha value is -2.51. The van der Waals surface area contributed by atoms with Crippen LogP contribution in [0.3, 0.4) is 0 Å². The Balaban J connectivity index is 1.89. The molecule has 26 heavy (non-hydrogen) atoms. The molecular formula is C19H17NO4S2. The molecule has 0 aliphatic carbocycles. The standard InChI is InChI=1S/C19H17NO4S2/c1-22-14-8-13(10-16-18(21)20-19(25)26-16)9-15(23-2)17(14)24-11-12-6-4-3-5-7-12/h3-10H,11H2,1-2H3,(H,20,21,25). The van der Waals surface area contributed by atoms with Crippen LogP contribution in [0.5, 0.6) is 17.2 Å². The number of nitrogens with one attached hydrogen (secondary N) is 1. The van der Waals surface area contributed by atoms with Crippen molar-refractivity contribution in [1.29, 1.82) is 0 Å². The van der Waals surface area contributed by atoms with Crippen molar-refractivity contribution in [2.75, 3.05) is 14.2 Å². The summed E-state index contributed by atoms with van der Waals surface area (Å²) < 4.78 is 17.3. The van der Waals surface area contributed by atoms with E-state index in [0.29, 0.717) is 33.1 Å². The van der Waals surface area contributed by atoms with Crippen molar-refractivity contribution in [3.05, 3.63) is 58.5 Å². The van der Waals surface area contributed by atoms with E-state index in [4.69, 9.17) is 26.4 Å². The second-order valence-corrected chi connectivity index (χ2v) is 7.10. The van der Waals surface area contributed by atoms with Gasteiger partial charge in [-0.25, -0.2) is 0 Å². The first-order valence-corrected chi connectivity index (χ1v) is 9.01. The molecule has 2 aromatic carbocycles. The molecule has 2 aromatic rings. The predicted molar refractivity (Wildman–Crippen MR) is 107 cm³/mol. The molecule has 0 saturated carbocycles. The van der Waals surface area contributed by atoms with E-state index >= 15 is 0 Å². The SMILES string of the molecule is COc1cc(C=C2SC(=S)NC2=O)cc(OC)c1OCc1ccccc1. The van der Waals surface area contributed by atoms with E-state index < -0.39 is 0 Å². The van der Waals surface area contributed by atoms with Gasteiger partial charge in [-0.05, 0) is 29.3 Å². The van der Waals surface area contributed by atoms with Crippen molar-refractivity contribution in [3.63, 3.8) is 0 Å². The number of thioether (sulfide) groups is 1. The molecule has 0 spiro atoms. The molecule has 1 saturated heterocycles. The number of amides is 1. The van der Waals surface area contributed by atoms with Crippen molar-refractivity contribution >= 4 is 40.3 Å². The molecule has 1 aliphatic rings. The highest BCUT2D eigenvalue weighted by molar-refractivity contribution is 8.26. The normalized spacial score (nSPS) is 15.1. The van der Waals surface area contributed by atoms with Gasteiger partial charge in [-0.1, -0.05) is 54.3 Å². The highest BCUT2D eigenvalue weighted by atomic mass is 32.2. The van der Waals surface area contributed by atoms with Gasteiger partial charge in [0.25, 0.3) is 5.91 Å². The fourth-order valence-electron chi connectivity index (χ4n) is 2.43. The molecule has 0 aromatic heterocycles. The van der Waals surface area contributed by atoms with Gasteiger partial charge in [-0.2, -0.15) is 0 Å². The molecule has 1 heterocycles. The Morgan fingerprint density at radius 2 is 1.77 bits per heavy atom. The van der Waals surface area contributed by atoms with Crippen LogP contribution in [0.15, 0.2) is 47.4 Å². The van der Waals surface area contributed by atoms with E-state index in [1.807, 2.05) is 30.3 Å². The number of benzene rings is 2. The molecule has 3 rings (SSSR count). The Bertz CT molecular complexity index is 840. The quantitative estimate of drug-likeness (QED) is 0.601. The first-order chi connectivity index (χ1) is 12.6. The number of hydrogen-bond donors (Lipinski definition) is 1. The van der Waals surface area contributed by atoms with Gasteiger partial charge < -0.3 is 19.5 Å². The summed E-state index contributed by atoms with van der Waals surface area (Å²) in [4.78, 5) is 12.4. The topological polar surface area (TPSA) is 56.8 Å². The highest BCUT2D eigenvalue weighted by Gasteiger charge is 2.23. The zero-order valence-corrected chi connectivity index (χ0v) is 15.9. The van der Waals surface area contributed by atoms with Crippen LogP contribution in [0.4, 0.5) is 0 Å². The van der Waals surface area contributed by atoms with Crippen LogP contribution < -0.4 is 19.5 Å². The molecule has 5 nitrogen and oxygen atoms in total. The van der Waals surface area contributed by atoms with Crippen molar-refractivity contribution in [2.24, 2.45) is 0 Å². The minimum atomic E-state index is -0.206. The number of ether oxygens (including phenoxy) is 3. The summed E-state index contributed by atoms with van der Waals surface area (Å²) in [6.07, 6.45) is 1.74. The van der Waals surface area contributed by atoms with Gasteiger partial charge in [-0.3, -0.25) is 4.79 Å². The molecule has 0 bridgehead atoms. The average Bonchev–Trinajstić information content (AvgIpc) is 2.97. The van der Waals surface area contributed by atoms with Crippen LogP contribution in [-0.4, -0.2) is 24.4 Å². The lowest BCUT2D eigenvalue weighted by Crippen LogP contribution is -2.17. The van der Waals surface area contributed by atoms with E-state index in [2.05, 4.69) is 5.32 Å². The Morgan fingerprint density at radius 1 is 1.12 bits per heavy atom. The van der Waals surface area contributed by atoms with Crippen molar-refractivity contribution < 1.29 is 19.0 Å².